The summed E-state index contributed by atoms with van der Waals surface area (Å²) < 4.78 is 0. The van der Waals surface area contributed by atoms with Gasteiger partial charge in [-0.25, -0.2) is 0 Å². The van der Waals surface area contributed by atoms with Crippen molar-refractivity contribution in [2.24, 2.45) is 5.92 Å². The van der Waals surface area contributed by atoms with Gasteiger partial charge in [0.15, 0.2) is 0 Å². The Kier molecular flexibility index (Phi) is 4.21. The second-order valence-electron chi connectivity index (χ2n) is 7.07. The summed E-state index contributed by atoms with van der Waals surface area (Å²) in [5.41, 5.74) is 1.96. The van der Waals surface area contributed by atoms with E-state index in [2.05, 4.69) is 42.3 Å². The summed E-state index contributed by atoms with van der Waals surface area (Å²) in [5, 5.41) is 2.23. The van der Waals surface area contributed by atoms with Gasteiger partial charge >= 0.3 is 0 Å². The lowest BCUT2D eigenvalue weighted by Gasteiger charge is -2.46. The molecule has 20 heavy (non-hydrogen) atoms. The summed E-state index contributed by atoms with van der Waals surface area (Å²) in [6.45, 7) is 5.94. The topological polar surface area (TPSA) is 6.48 Å². The smallest absolute Gasteiger partial charge is 0.0330 e. The van der Waals surface area contributed by atoms with E-state index in [0.29, 0.717) is 5.54 Å². The van der Waals surface area contributed by atoms with E-state index in [4.69, 9.17) is 0 Å². The van der Waals surface area contributed by atoms with Crippen molar-refractivity contribution in [3.8, 4) is 0 Å². The number of likely N-dealkylation sites (tertiary alicyclic amines) is 1. The SMILES string of the molecule is Cc1ccsc1CN1CCC(CC2CC2)(N(C)C)CC1. The molecule has 2 nitrogen and oxygen atoms in total. The van der Waals surface area contributed by atoms with E-state index in [1.807, 2.05) is 11.3 Å². The fraction of sp³-hybridized carbons (Fsp3) is 0.765. The first kappa shape index (κ1) is 14.6. The molecule has 2 aliphatic rings. The van der Waals surface area contributed by atoms with Gasteiger partial charge in [0.1, 0.15) is 0 Å². The minimum absolute atomic E-state index is 0.488. The Labute approximate surface area is 127 Å². The highest BCUT2D eigenvalue weighted by Gasteiger charge is 2.40. The van der Waals surface area contributed by atoms with E-state index in [0.717, 1.165) is 12.5 Å². The zero-order chi connectivity index (χ0) is 14.2. The number of aryl methyl sites for hydroxylation is 1. The Morgan fingerprint density at radius 3 is 2.50 bits per heavy atom. The third kappa shape index (κ3) is 3.10. The fourth-order valence-corrected chi connectivity index (χ4v) is 4.54. The van der Waals surface area contributed by atoms with Gasteiger partial charge in [0.25, 0.3) is 0 Å². The van der Waals surface area contributed by atoms with Crippen LogP contribution in [0.4, 0.5) is 0 Å². The molecule has 0 spiro atoms. The molecule has 1 aliphatic heterocycles. The monoisotopic (exact) mass is 292 g/mol. The zero-order valence-corrected chi connectivity index (χ0v) is 14.0. The van der Waals surface area contributed by atoms with Crippen LogP contribution in [0.25, 0.3) is 0 Å². The van der Waals surface area contributed by atoms with Crippen LogP contribution in [0.1, 0.15) is 42.5 Å². The summed E-state index contributed by atoms with van der Waals surface area (Å²) in [6.07, 6.45) is 7.09. The molecule has 1 aromatic heterocycles. The molecule has 0 aromatic carbocycles. The van der Waals surface area contributed by atoms with E-state index in [9.17, 15) is 0 Å². The van der Waals surface area contributed by atoms with Crippen LogP contribution in [0.2, 0.25) is 0 Å². The Balaban J connectivity index is 1.58. The zero-order valence-electron chi connectivity index (χ0n) is 13.2. The quantitative estimate of drug-likeness (QED) is 0.815. The minimum atomic E-state index is 0.488. The Morgan fingerprint density at radius 1 is 1.30 bits per heavy atom. The summed E-state index contributed by atoms with van der Waals surface area (Å²) in [5.74, 6) is 1.03. The van der Waals surface area contributed by atoms with Gasteiger partial charge in [0, 0.05) is 30.1 Å². The number of piperidine rings is 1. The van der Waals surface area contributed by atoms with Crippen molar-refractivity contribution in [3.05, 3.63) is 21.9 Å². The lowest BCUT2D eigenvalue weighted by molar-refractivity contribution is 0.0421. The Bertz CT molecular complexity index is 440. The van der Waals surface area contributed by atoms with Crippen molar-refractivity contribution in [1.82, 2.24) is 9.80 Å². The molecule has 1 aliphatic carbocycles. The standard InChI is InChI=1S/C17H28N2S/c1-14-6-11-20-16(14)13-19-9-7-17(8-10-19,18(2)3)12-15-4-5-15/h6,11,15H,4-5,7-10,12-13H2,1-3H3. The summed E-state index contributed by atoms with van der Waals surface area (Å²) in [6, 6.07) is 2.25. The predicted molar refractivity (Wildman–Crippen MR) is 87.3 cm³/mol. The highest BCUT2D eigenvalue weighted by atomic mass is 32.1. The molecular formula is C17H28N2S. The van der Waals surface area contributed by atoms with Gasteiger partial charge in [-0.1, -0.05) is 12.8 Å². The van der Waals surface area contributed by atoms with Crippen LogP contribution < -0.4 is 0 Å². The highest BCUT2D eigenvalue weighted by Crippen LogP contribution is 2.42. The van der Waals surface area contributed by atoms with Gasteiger partial charge in [-0.3, -0.25) is 4.90 Å². The van der Waals surface area contributed by atoms with Gasteiger partial charge in [-0.15, -0.1) is 11.3 Å². The molecule has 1 aromatic rings. The first-order chi connectivity index (χ1) is 9.59. The van der Waals surface area contributed by atoms with Crippen molar-refractivity contribution in [1.29, 1.82) is 0 Å². The van der Waals surface area contributed by atoms with Crippen LogP contribution in [-0.4, -0.2) is 42.5 Å². The average Bonchev–Trinajstić information content (AvgIpc) is 3.15. The van der Waals surface area contributed by atoms with Crippen molar-refractivity contribution in [2.75, 3.05) is 27.2 Å². The molecule has 0 atom stereocenters. The molecule has 0 radical (unpaired) electrons. The molecular weight excluding hydrogens is 264 g/mol. The third-order valence-electron chi connectivity index (χ3n) is 5.44. The van der Waals surface area contributed by atoms with Crippen molar-refractivity contribution in [3.63, 3.8) is 0 Å². The largest absolute Gasteiger partial charge is 0.304 e. The number of hydrogen-bond donors (Lipinski definition) is 0. The Morgan fingerprint density at radius 2 is 2.00 bits per heavy atom. The predicted octanol–water partition coefficient (Wildman–Crippen LogP) is 3.75. The van der Waals surface area contributed by atoms with Crippen molar-refractivity contribution < 1.29 is 0 Å². The first-order valence-corrected chi connectivity index (χ1v) is 8.90. The van der Waals surface area contributed by atoms with Crippen LogP contribution in [0, 0.1) is 12.8 Å². The second-order valence-corrected chi connectivity index (χ2v) is 8.07. The average molecular weight is 292 g/mol. The minimum Gasteiger partial charge on any atom is -0.304 e. The van der Waals surface area contributed by atoms with E-state index in [1.165, 1.54) is 50.8 Å². The van der Waals surface area contributed by atoms with Gasteiger partial charge in [-0.05, 0) is 63.2 Å². The van der Waals surface area contributed by atoms with Crippen LogP contribution in [0.3, 0.4) is 0 Å². The number of nitrogens with zero attached hydrogens (tertiary/aromatic N) is 2. The summed E-state index contributed by atoms with van der Waals surface area (Å²) >= 11 is 1.92. The van der Waals surface area contributed by atoms with Gasteiger partial charge in [0.05, 0.1) is 0 Å². The van der Waals surface area contributed by atoms with Gasteiger partial charge < -0.3 is 4.90 Å². The molecule has 0 unspecified atom stereocenters. The molecule has 0 amide bonds. The molecule has 2 fully saturated rings. The van der Waals surface area contributed by atoms with Crippen LogP contribution in [0.15, 0.2) is 11.4 Å². The maximum atomic E-state index is 2.66. The summed E-state index contributed by atoms with van der Waals surface area (Å²) in [4.78, 5) is 6.75. The molecule has 112 valence electrons. The van der Waals surface area contributed by atoms with Crippen molar-refractivity contribution in [2.45, 2.75) is 51.1 Å². The van der Waals surface area contributed by atoms with Crippen LogP contribution in [0.5, 0.6) is 0 Å². The molecule has 1 saturated heterocycles. The third-order valence-corrected chi connectivity index (χ3v) is 6.44. The highest BCUT2D eigenvalue weighted by molar-refractivity contribution is 7.10. The maximum Gasteiger partial charge on any atom is 0.0330 e. The van der Waals surface area contributed by atoms with Crippen LogP contribution in [-0.2, 0) is 6.54 Å². The van der Waals surface area contributed by atoms with E-state index in [-0.39, 0.29) is 0 Å². The lowest BCUT2D eigenvalue weighted by Crippen LogP contribution is -2.52. The van der Waals surface area contributed by atoms with Crippen LogP contribution >= 0.6 is 11.3 Å². The first-order valence-electron chi connectivity index (χ1n) is 8.02. The van der Waals surface area contributed by atoms with E-state index in [1.54, 1.807) is 4.88 Å². The lowest BCUT2D eigenvalue weighted by atomic mass is 9.81. The number of hydrogen-bond acceptors (Lipinski definition) is 3. The van der Waals surface area contributed by atoms with E-state index < -0.39 is 0 Å². The fourth-order valence-electron chi connectivity index (χ4n) is 3.59. The molecule has 2 heterocycles. The molecule has 3 heteroatoms. The van der Waals surface area contributed by atoms with Crippen molar-refractivity contribution >= 4 is 11.3 Å². The Hall–Kier alpha value is -0.380. The number of rotatable bonds is 5. The van der Waals surface area contributed by atoms with E-state index >= 15 is 0 Å². The molecule has 3 rings (SSSR count). The molecule has 1 saturated carbocycles. The second kappa shape index (κ2) is 5.78. The normalized spacial score (nSPS) is 23.4. The van der Waals surface area contributed by atoms with Gasteiger partial charge in [-0.2, -0.15) is 0 Å². The molecule has 0 bridgehead atoms. The number of thiophene rings is 1. The molecule has 0 N–H and O–H groups in total. The van der Waals surface area contributed by atoms with Gasteiger partial charge in [0.2, 0.25) is 0 Å². The summed E-state index contributed by atoms with van der Waals surface area (Å²) in [7, 11) is 4.59. The maximum absolute atomic E-state index is 2.66.